The van der Waals surface area contributed by atoms with Gasteiger partial charge in [0.15, 0.2) is 0 Å². The highest BCUT2D eigenvalue weighted by atomic mass is 32.1. The number of thiophene rings is 1. The van der Waals surface area contributed by atoms with Crippen LogP contribution < -0.4 is 10.6 Å². The lowest BCUT2D eigenvalue weighted by molar-refractivity contribution is -0.135. The van der Waals surface area contributed by atoms with Crippen molar-refractivity contribution >= 4 is 29.1 Å². The lowest BCUT2D eigenvalue weighted by Gasteiger charge is -2.36. The first-order chi connectivity index (χ1) is 15.6. The van der Waals surface area contributed by atoms with Gasteiger partial charge in [-0.3, -0.25) is 14.4 Å². The maximum atomic E-state index is 13.0. The zero-order valence-electron chi connectivity index (χ0n) is 18.3. The predicted molar refractivity (Wildman–Crippen MR) is 125 cm³/mol. The fourth-order valence-electron chi connectivity index (χ4n) is 4.68. The largest absolute Gasteiger partial charge is 0.351 e. The van der Waals surface area contributed by atoms with Crippen LogP contribution in [0.1, 0.15) is 53.8 Å². The molecule has 1 aliphatic heterocycles. The molecule has 170 valence electrons. The Hall–Kier alpha value is -2.67. The van der Waals surface area contributed by atoms with Crippen LogP contribution in [0.4, 0.5) is 0 Å². The highest BCUT2D eigenvalue weighted by molar-refractivity contribution is 7.10. The van der Waals surface area contributed by atoms with E-state index in [1.54, 1.807) is 23.5 Å². The monoisotopic (exact) mass is 453 g/mol. The van der Waals surface area contributed by atoms with Crippen LogP contribution in [0, 0.1) is 5.92 Å². The summed E-state index contributed by atoms with van der Waals surface area (Å²) < 4.78 is 0. The molecular formula is C25H31N3O3S. The molecule has 2 aliphatic rings. The highest BCUT2D eigenvalue weighted by Crippen LogP contribution is 2.23. The summed E-state index contributed by atoms with van der Waals surface area (Å²) in [6, 6.07) is 13.1. The van der Waals surface area contributed by atoms with Gasteiger partial charge in [-0.05, 0) is 49.3 Å². The van der Waals surface area contributed by atoms with E-state index in [1.807, 2.05) is 40.6 Å². The highest BCUT2D eigenvalue weighted by Gasteiger charge is 2.32. The summed E-state index contributed by atoms with van der Waals surface area (Å²) in [5.41, 5.74) is 0.641. The van der Waals surface area contributed by atoms with Crippen molar-refractivity contribution in [1.29, 1.82) is 0 Å². The van der Waals surface area contributed by atoms with Gasteiger partial charge < -0.3 is 15.5 Å². The predicted octanol–water partition coefficient (Wildman–Crippen LogP) is 3.39. The Bertz CT molecular complexity index is 908. The molecule has 1 saturated carbocycles. The van der Waals surface area contributed by atoms with Gasteiger partial charge in [-0.25, -0.2) is 0 Å². The molecule has 0 bridgehead atoms. The minimum Gasteiger partial charge on any atom is -0.351 e. The third kappa shape index (κ3) is 5.76. The number of amides is 3. The second-order valence-corrected chi connectivity index (χ2v) is 9.79. The average Bonchev–Trinajstić information content (AvgIpc) is 3.34. The molecule has 0 unspecified atom stereocenters. The molecule has 0 radical (unpaired) electrons. The quantitative estimate of drug-likeness (QED) is 0.704. The van der Waals surface area contributed by atoms with E-state index in [4.69, 9.17) is 0 Å². The molecule has 32 heavy (non-hydrogen) atoms. The maximum absolute atomic E-state index is 13.0. The molecular weight excluding hydrogens is 422 g/mol. The fraction of sp³-hybridized carbons (Fsp3) is 0.480. The smallest absolute Gasteiger partial charge is 0.251 e. The van der Waals surface area contributed by atoms with E-state index in [0.717, 1.165) is 30.6 Å². The SMILES string of the molecule is O=C(N[C@@H]1CCCC[C@H]1NC(=O)C1CCN(C(=O)Cc2cccs2)CC1)c1ccccc1. The van der Waals surface area contributed by atoms with Gasteiger partial charge in [0.05, 0.1) is 6.42 Å². The van der Waals surface area contributed by atoms with Crippen LogP contribution in [0.3, 0.4) is 0 Å². The molecule has 1 saturated heterocycles. The van der Waals surface area contributed by atoms with Crippen LogP contribution in [0.5, 0.6) is 0 Å². The van der Waals surface area contributed by atoms with E-state index in [2.05, 4.69) is 10.6 Å². The van der Waals surface area contributed by atoms with E-state index >= 15 is 0 Å². The Morgan fingerprint density at radius 1 is 0.875 bits per heavy atom. The van der Waals surface area contributed by atoms with E-state index in [-0.39, 0.29) is 35.7 Å². The molecule has 1 aromatic heterocycles. The van der Waals surface area contributed by atoms with Crippen LogP contribution in [0.2, 0.25) is 0 Å². The van der Waals surface area contributed by atoms with Gasteiger partial charge >= 0.3 is 0 Å². The molecule has 0 spiro atoms. The Morgan fingerprint density at radius 2 is 1.56 bits per heavy atom. The summed E-state index contributed by atoms with van der Waals surface area (Å²) in [6.07, 6.45) is 5.68. The number of hydrogen-bond acceptors (Lipinski definition) is 4. The summed E-state index contributed by atoms with van der Waals surface area (Å²) in [4.78, 5) is 41.0. The van der Waals surface area contributed by atoms with Gasteiger partial charge in [0, 0.05) is 41.5 Å². The van der Waals surface area contributed by atoms with E-state index in [0.29, 0.717) is 37.9 Å². The number of carbonyl (C=O) groups excluding carboxylic acids is 3. The second-order valence-electron chi connectivity index (χ2n) is 8.76. The minimum atomic E-state index is -0.0886. The van der Waals surface area contributed by atoms with E-state index in [1.165, 1.54) is 0 Å². The van der Waals surface area contributed by atoms with Gasteiger partial charge in [-0.2, -0.15) is 0 Å². The van der Waals surface area contributed by atoms with Crippen molar-refractivity contribution in [3.8, 4) is 0 Å². The molecule has 2 aromatic rings. The molecule has 2 fully saturated rings. The van der Waals surface area contributed by atoms with Gasteiger partial charge in [0.25, 0.3) is 5.91 Å². The number of rotatable bonds is 6. The van der Waals surface area contributed by atoms with Crippen LogP contribution >= 0.6 is 11.3 Å². The number of nitrogens with one attached hydrogen (secondary N) is 2. The van der Waals surface area contributed by atoms with Crippen LogP contribution in [-0.2, 0) is 16.0 Å². The first kappa shape index (κ1) is 22.5. The summed E-state index contributed by atoms with van der Waals surface area (Å²) in [6.45, 7) is 1.25. The molecule has 2 heterocycles. The first-order valence-electron chi connectivity index (χ1n) is 11.6. The summed E-state index contributed by atoms with van der Waals surface area (Å²) >= 11 is 1.60. The van der Waals surface area contributed by atoms with Crippen LogP contribution in [-0.4, -0.2) is 47.8 Å². The topological polar surface area (TPSA) is 78.5 Å². The minimum absolute atomic E-state index is 0.0394. The van der Waals surface area contributed by atoms with Crippen molar-refractivity contribution in [2.24, 2.45) is 5.92 Å². The zero-order chi connectivity index (χ0) is 22.3. The fourth-order valence-corrected chi connectivity index (χ4v) is 5.38. The Morgan fingerprint density at radius 3 is 2.22 bits per heavy atom. The van der Waals surface area contributed by atoms with Crippen molar-refractivity contribution in [1.82, 2.24) is 15.5 Å². The van der Waals surface area contributed by atoms with Crippen molar-refractivity contribution in [2.45, 2.75) is 57.0 Å². The third-order valence-electron chi connectivity index (χ3n) is 6.57. The van der Waals surface area contributed by atoms with E-state index in [9.17, 15) is 14.4 Å². The number of piperidine rings is 1. The van der Waals surface area contributed by atoms with Crippen LogP contribution in [0.15, 0.2) is 47.8 Å². The summed E-state index contributed by atoms with van der Waals surface area (Å²) in [7, 11) is 0. The normalized spacial score (nSPS) is 21.7. The van der Waals surface area contributed by atoms with Gasteiger partial charge in [-0.15, -0.1) is 11.3 Å². The Balaban J connectivity index is 1.27. The lowest BCUT2D eigenvalue weighted by atomic mass is 9.88. The molecule has 7 heteroatoms. The number of nitrogens with zero attached hydrogens (tertiary/aromatic N) is 1. The van der Waals surface area contributed by atoms with Crippen LogP contribution in [0.25, 0.3) is 0 Å². The number of likely N-dealkylation sites (tertiary alicyclic amines) is 1. The molecule has 1 aliphatic carbocycles. The third-order valence-corrected chi connectivity index (χ3v) is 7.45. The second kappa shape index (κ2) is 10.8. The first-order valence-corrected chi connectivity index (χ1v) is 12.4. The van der Waals surface area contributed by atoms with E-state index < -0.39 is 0 Å². The van der Waals surface area contributed by atoms with Crippen molar-refractivity contribution in [2.75, 3.05) is 13.1 Å². The number of carbonyl (C=O) groups is 3. The van der Waals surface area contributed by atoms with Gasteiger partial charge in [0.1, 0.15) is 0 Å². The van der Waals surface area contributed by atoms with Crippen molar-refractivity contribution < 1.29 is 14.4 Å². The average molecular weight is 454 g/mol. The zero-order valence-corrected chi connectivity index (χ0v) is 19.1. The summed E-state index contributed by atoms with van der Waals surface area (Å²) in [5.74, 6) is 0.0333. The molecule has 3 amide bonds. The Labute approximate surface area is 193 Å². The van der Waals surface area contributed by atoms with Gasteiger partial charge in [-0.1, -0.05) is 37.1 Å². The Kier molecular flexibility index (Phi) is 7.58. The number of hydrogen-bond donors (Lipinski definition) is 2. The van der Waals surface area contributed by atoms with Crippen molar-refractivity contribution in [3.63, 3.8) is 0 Å². The molecule has 1 aromatic carbocycles. The summed E-state index contributed by atoms with van der Waals surface area (Å²) in [5, 5.41) is 8.34. The van der Waals surface area contributed by atoms with Crippen molar-refractivity contribution in [3.05, 3.63) is 58.3 Å². The molecule has 2 N–H and O–H groups in total. The molecule has 2 atom stereocenters. The number of benzene rings is 1. The molecule has 4 rings (SSSR count). The van der Waals surface area contributed by atoms with Gasteiger partial charge in [0.2, 0.25) is 11.8 Å². The maximum Gasteiger partial charge on any atom is 0.251 e. The lowest BCUT2D eigenvalue weighted by Crippen LogP contribution is -2.55. The standard InChI is InChI=1S/C25H31N3O3S/c29-23(17-20-9-6-16-32-20)28-14-12-19(13-15-28)25(31)27-22-11-5-4-10-21(22)26-24(30)18-7-2-1-3-8-18/h1-3,6-9,16,19,21-22H,4-5,10-15,17H2,(H,26,30)(H,27,31)/t21-,22-/m1/s1. The molecule has 6 nitrogen and oxygen atoms in total.